The number of hydrogen-bond donors (Lipinski definition) is 3. The van der Waals surface area contributed by atoms with Gasteiger partial charge in [0.05, 0.1) is 45.7 Å². The second-order valence-corrected chi connectivity index (χ2v) is 12.2. The number of ether oxygens (including phenoxy) is 9. The van der Waals surface area contributed by atoms with Crippen LogP contribution >= 0.6 is 0 Å². The second-order valence-electron chi connectivity index (χ2n) is 12.2. The summed E-state index contributed by atoms with van der Waals surface area (Å²) >= 11 is 0. The molecule has 13 heteroatoms. The summed E-state index contributed by atoms with van der Waals surface area (Å²) in [6.07, 6.45) is 0.566. The van der Waals surface area contributed by atoms with E-state index in [9.17, 15) is 20.1 Å². The zero-order valence-electron chi connectivity index (χ0n) is 28.6. The molecular formula is C36H46O13. The van der Waals surface area contributed by atoms with E-state index in [2.05, 4.69) is 0 Å². The highest BCUT2D eigenvalue weighted by Gasteiger charge is 2.48. The minimum absolute atomic E-state index is 0.0120. The van der Waals surface area contributed by atoms with E-state index in [4.69, 9.17) is 42.6 Å². The predicted octanol–water partition coefficient (Wildman–Crippen LogP) is 3.77. The Bertz CT molecular complexity index is 1480. The van der Waals surface area contributed by atoms with Crippen LogP contribution in [0.15, 0.2) is 48.1 Å². The lowest BCUT2D eigenvalue weighted by atomic mass is 9.65. The lowest BCUT2D eigenvalue weighted by molar-refractivity contribution is -0.299. The van der Waals surface area contributed by atoms with Crippen molar-refractivity contribution in [2.45, 2.75) is 63.2 Å². The standard InChI is InChI=1S/C36H46O13/c1-7-8-9-19(2)35(44-6)45-16-21-12-26(38)32(39)36(48-21)49-34-23-14-28-27(46-18-47-28)13-22(23)31(24(15-37)25(34)17-41-3)20-10-29(42-4)33(40)30(11-20)43-5/h7-11,13-15,21,24-26,31-32,34-36,38-40H,12,16-18H2,1-6H3/b8-7-,19-9+/t21?,24?,25-,26?,31?,32+,34+,35?,36?/m0/s1. The quantitative estimate of drug-likeness (QED) is 0.150. The molecule has 268 valence electrons. The Morgan fingerprint density at radius 2 is 1.67 bits per heavy atom. The van der Waals surface area contributed by atoms with Gasteiger partial charge in [-0.05, 0) is 60.4 Å². The molecule has 0 amide bonds. The Morgan fingerprint density at radius 1 is 1.00 bits per heavy atom. The number of aliphatic hydroxyl groups is 2. The van der Waals surface area contributed by atoms with Gasteiger partial charge < -0.3 is 62.7 Å². The number of benzene rings is 2. The fourth-order valence-electron chi connectivity index (χ4n) is 6.80. The van der Waals surface area contributed by atoms with Crippen molar-refractivity contribution in [1.29, 1.82) is 0 Å². The molecule has 2 aliphatic heterocycles. The number of carbonyl (C=O) groups excluding carboxylic acids is 1. The summed E-state index contributed by atoms with van der Waals surface area (Å²) in [7, 11) is 5.92. The number of methoxy groups -OCH3 is 4. The van der Waals surface area contributed by atoms with Gasteiger partial charge in [-0.1, -0.05) is 18.2 Å². The molecule has 5 rings (SSSR count). The average molecular weight is 687 g/mol. The van der Waals surface area contributed by atoms with Crippen molar-refractivity contribution >= 4 is 6.29 Å². The predicted molar refractivity (Wildman–Crippen MR) is 175 cm³/mol. The van der Waals surface area contributed by atoms with Crippen molar-refractivity contribution in [3.8, 4) is 28.7 Å². The summed E-state index contributed by atoms with van der Waals surface area (Å²) in [5.74, 6) is -0.782. The van der Waals surface area contributed by atoms with E-state index < -0.39 is 54.7 Å². The number of carbonyl (C=O) groups is 1. The minimum atomic E-state index is -1.40. The summed E-state index contributed by atoms with van der Waals surface area (Å²) in [6, 6.07) is 6.93. The zero-order valence-corrected chi connectivity index (χ0v) is 28.6. The number of hydrogen-bond acceptors (Lipinski definition) is 13. The molecule has 0 bridgehead atoms. The smallest absolute Gasteiger partial charge is 0.231 e. The van der Waals surface area contributed by atoms with Crippen molar-refractivity contribution in [3.05, 3.63) is 64.8 Å². The van der Waals surface area contributed by atoms with Crippen molar-refractivity contribution in [2.75, 3.05) is 48.4 Å². The number of aldehydes is 1. The number of rotatable bonds is 14. The Labute approximate surface area is 285 Å². The fourth-order valence-corrected chi connectivity index (χ4v) is 6.80. The fraction of sp³-hybridized carbons (Fsp3) is 0.528. The van der Waals surface area contributed by atoms with Crippen LogP contribution in [0.5, 0.6) is 28.7 Å². The number of phenols is 1. The number of aliphatic hydroxyl groups excluding tert-OH is 2. The molecular weight excluding hydrogens is 640 g/mol. The lowest BCUT2D eigenvalue weighted by Crippen LogP contribution is -2.52. The summed E-state index contributed by atoms with van der Waals surface area (Å²) in [5.41, 5.74) is 2.80. The zero-order chi connectivity index (χ0) is 35.2. The maximum absolute atomic E-state index is 13.1. The normalized spacial score (nSPS) is 28.7. The van der Waals surface area contributed by atoms with Crippen molar-refractivity contribution in [3.63, 3.8) is 0 Å². The van der Waals surface area contributed by atoms with Crippen LogP contribution < -0.4 is 18.9 Å². The van der Waals surface area contributed by atoms with Crippen molar-refractivity contribution < 1.29 is 62.7 Å². The van der Waals surface area contributed by atoms with Crippen LogP contribution in [0.4, 0.5) is 0 Å². The molecule has 13 nitrogen and oxygen atoms in total. The molecule has 0 aromatic heterocycles. The first-order valence-corrected chi connectivity index (χ1v) is 16.1. The van der Waals surface area contributed by atoms with E-state index in [0.29, 0.717) is 28.2 Å². The van der Waals surface area contributed by atoms with E-state index in [1.54, 1.807) is 18.2 Å². The van der Waals surface area contributed by atoms with Gasteiger partial charge in [-0.2, -0.15) is 0 Å². The van der Waals surface area contributed by atoms with Crippen molar-refractivity contribution in [1.82, 2.24) is 0 Å². The van der Waals surface area contributed by atoms with Crippen LogP contribution in [0.2, 0.25) is 0 Å². The van der Waals surface area contributed by atoms with Crippen LogP contribution in [0.3, 0.4) is 0 Å². The monoisotopic (exact) mass is 686 g/mol. The average Bonchev–Trinajstić information content (AvgIpc) is 3.57. The highest BCUT2D eigenvalue weighted by molar-refractivity contribution is 5.65. The molecule has 0 saturated carbocycles. The summed E-state index contributed by atoms with van der Waals surface area (Å²) < 4.78 is 52.3. The maximum Gasteiger partial charge on any atom is 0.231 e. The molecule has 0 spiro atoms. The Hall–Kier alpha value is -3.69. The first-order valence-electron chi connectivity index (χ1n) is 16.1. The largest absolute Gasteiger partial charge is 0.502 e. The summed E-state index contributed by atoms with van der Waals surface area (Å²) in [4.78, 5) is 13.1. The topological polar surface area (TPSA) is 161 Å². The molecule has 1 saturated heterocycles. The molecule has 3 N–H and O–H groups in total. The third-order valence-corrected chi connectivity index (χ3v) is 9.22. The molecule has 3 aliphatic rings. The van der Waals surface area contributed by atoms with E-state index >= 15 is 0 Å². The van der Waals surface area contributed by atoms with Crippen LogP contribution in [-0.2, 0) is 28.5 Å². The second kappa shape index (κ2) is 16.3. The maximum atomic E-state index is 13.1. The van der Waals surface area contributed by atoms with Gasteiger partial charge >= 0.3 is 0 Å². The van der Waals surface area contributed by atoms with Crippen LogP contribution in [-0.4, -0.2) is 101 Å². The molecule has 2 aromatic rings. The van der Waals surface area contributed by atoms with Gasteiger partial charge in [0.2, 0.25) is 12.5 Å². The molecule has 6 unspecified atom stereocenters. The van der Waals surface area contributed by atoms with Crippen LogP contribution in [0.1, 0.15) is 49.0 Å². The third-order valence-electron chi connectivity index (χ3n) is 9.22. The molecule has 2 heterocycles. The summed E-state index contributed by atoms with van der Waals surface area (Å²) in [6.45, 7) is 3.94. The molecule has 2 aromatic carbocycles. The minimum Gasteiger partial charge on any atom is -0.502 e. The first kappa shape index (κ1) is 36.6. The highest BCUT2D eigenvalue weighted by atomic mass is 16.7. The van der Waals surface area contributed by atoms with Gasteiger partial charge in [-0.25, -0.2) is 0 Å². The van der Waals surface area contributed by atoms with Gasteiger partial charge in [0.15, 0.2) is 35.6 Å². The molecule has 49 heavy (non-hydrogen) atoms. The van der Waals surface area contributed by atoms with Gasteiger partial charge in [-0.3, -0.25) is 0 Å². The number of allylic oxidation sites excluding steroid dienone is 3. The number of aromatic hydroxyl groups is 1. The Balaban J connectivity index is 1.52. The lowest BCUT2D eigenvalue weighted by Gasteiger charge is -2.45. The van der Waals surface area contributed by atoms with Crippen molar-refractivity contribution in [2.24, 2.45) is 11.8 Å². The van der Waals surface area contributed by atoms with Crippen LogP contribution in [0, 0.1) is 11.8 Å². The Morgan fingerprint density at radius 3 is 2.27 bits per heavy atom. The van der Waals surface area contributed by atoms with Gasteiger partial charge in [0, 0.05) is 38.4 Å². The van der Waals surface area contributed by atoms with E-state index in [1.165, 1.54) is 28.4 Å². The van der Waals surface area contributed by atoms with Gasteiger partial charge in [0.1, 0.15) is 12.4 Å². The van der Waals surface area contributed by atoms with Gasteiger partial charge in [-0.15, -0.1) is 0 Å². The molecule has 1 aliphatic carbocycles. The van der Waals surface area contributed by atoms with E-state index in [1.807, 2.05) is 38.1 Å². The SMILES string of the molecule is C/C=C\C=C(/C)C(OC)OCC1CC(O)[C@@H](O)C(O[C@@H]2c3cc4c(cc3C(c3cc(OC)c(O)c(OC)c3)C(C=O)[C@@H]2COC)OCO4)O1. The van der Waals surface area contributed by atoms with Crippen LogP contribution in [0.25, 0.3) is 0 Å². The molecule has 1 fully saturated rings. The Kier molecular flexibility index (Phi) is 12.2. The van der Waals surface area contributed by atoms with E-state index in [0.717, 1.165) is 11.9 Å². The first-order chi connectivity index (χ1) is 23.7. The van der Waals surface area contributed by atoms with E-state index in [-0.39, 0.29) is 43.7 Å². The molecule has 0 radical (unpaired) electrons. The third kappa shape index (κ3) is 7.58. The number of phenolic OH excluding ortho intramolecular Hbond substituents is 1. The summed E-state index contributed by atoms with van der Waals surface area (Å²) in [5, 5.41) is 32.7. The highest BCUT2D eigenvalue weighted by Crippen LogP contribution is 2.54. The number of fused-ring (bicyclic) bond motifs is 2. The van der Waals surface area contributed by atoms with Gasteiger partial charge in [0.25, 0.3) is 0 Å². The molecule has 9 atom stereocenters.